The zero-order chi connectivity index (χ0) is 24.7. The molecule has 0 spiro atoms. The van der Waals surface area contributed by atoms with Gasteiger partial charge in [0, 0.05) is 27.2 Å². The highest BCUT2D eigenvalue weighted by atomic mass is 35.5. The number of carbonyl (C=O) groups excluding carboxylic acids is 3. The molecule has 7 nitrogen and oxygen atoms in total. The van der Waals surface area contributed by atoms with Crippen LogP contribution < -0.4 is 9.47 Å². The van der Waals surface area contributed by atoms with Crippen molar-refractivity contribution in [1.29, 1.82) is 0 Å². The van der Waals surface area contributed by atoms with Crippen LogP contribution in [0.4, 0.5) is 0 Å². The van der Waals surface area contributed by atoms with Crippen LogP contribution in [-0.4, -0.2) is 27.6 Å². The average Bonchev–Trinajstić information content (AvgIpc) is 3.05. The Morgan fingerprint density at radius 2 is 1.79 bits per heavy atom. The van der Waals surface area contributed by atoms with E-state index in [0.29, 0.717) is 15.6 Å². The van der Waals surface area contributed by atoms with Crippen LogP contribution in [0.15, 0.2) is 41.4 Å². The monoisotopic (exact) mass is 500 g/mol. The van der Waals surface area contributed by atoms with E-state index in [1.165, 1.54) is 13.0 Å². The summed E-state index contributed by atoms with van der Waals surface area (Å²) >= 11 is 12.6. The molecular weight excluding hydrogens is 483 g/mol. The number of rotatable bonds is 2. The summed E-state index contributed by atoms with van der Waals surface area (Å²) in [6, 6.07) is 4.95. The Hall–Kier alpha value is -3.29. The lowest BCUT2D eigenvalue weighted by molar-refractivity contribution is -0.123. The molecule has 2 aromatic rings. The van der Waals surface area contributed by atoms with E-state index in [1.54, 1.807) is 25.1 Å². The van der Waals surface area contributed by atoms with Gasteiger partial charge in [-0.3, -0.25) is 14.4 Å². The largest absolute Gasteiger partial charge is 0.507 e. The summed E-state index contributed by atoms with van der Waals surface area (Å²) in [6.07, 6.45) is 0.259. The van der Waals surface area contributed by atoms with E-state index in [1.807, 2.05) is 0 Å². The number of Topliss-reactive ketones (excluding diaryl/α,β-unsaturated/α-hetero) is 3. The van der Waals surface area contributed by atoms with E-state index >= 15 is 0 Å². The lowest BCUT2D eigenvalue weighted by Gasteiger charge is -2.30. The number of ketones is 3. The summed E-state index contributed by atoms with van der Waals surface area (Å²) in [7, 11) is 0. The number of aliphatic hydroxyl groups is 1. The van der Waals surface area contributed by atoms with Crippen LogP contribution in [0.2, 0.25) is 10.0 Å². The molecule has 0 saturated heterocycles. The number of hydrogen-bond acceptors (Lipinski definition) is 7. The first-order valence-corrected chi connectivity index (χ1v) is 11.2. The lowest BCUT2D eigenvalue weighted by Crippen LogP contribution is -2.38. The number of aromatic hydroxyl groups is 1. The molecule has 34 heavy (non-hydrogen) atoms. The molecular formula is C25H18Cl2O7. The first-order chi connectivity index (χ1) is 16.0. The van der Waals surface area contributed by atoms with Crippen molar-refractivity contribution in [3.63, 3.8) is 0 Å². The molecule has 0 saturated carbocycles. The van der Waals surface area contributed by atoms with Crippen LogP contribution in [0.25, 0.3) is 0 Å². The van der Waals surface area contributed by atoms with Crippen molar-refractivity contribution in [2.45, 2.75) is 38.7 Å². The van der Waals surface area contributed by atoms with Crippen molar-refractivity contribution in [1.82, 2.24) is 0 Å². The second kappa shape index (κ2) is 7.35. The smallest absolute Gasteiger partial charge is 0.188 e. The third-order valence-corrected chi connectivity index (χ3v) is 7.27. The summed E-state index contributed by atoms with van der Waals surface area (Å²) in [5.74, 6) is -2.49. The van der Waals surface area contributed by atoms with Crippen molar-refractivity contribution in [2.75, 3.05) is 0 Å². The number of fused-ring (bicyclic) bond motifs is 5. The van der Waals surface area contributed by atoms with Crippen LogP contribution in [-0.2, 0) is 15.0 Å². The first-order valence-electron chi connectivity index (χ1n) is 10.4. The molecule has 9 heteroatoms. The molecule has 2 heterocycles. The quantitative estimate of drug-likeness (QED) is 0.542. The van der Waals surface area contributed by atoms with Gasteiger partial charge >= 0.3 is 0 Å². The van der Waals surface area contributed by atoms with Gasteiger partial charge in [-0.05, 0) is 32.9 Å². The number of ether oxygens (including phenoxy) is 2. The number of hydrogen-bond donors (Lipinski definition) is 2. The molecule has 2 N–H and O–H groups in total. The molecule has 0 fully saturated rings. The Balaban J connectivity index is 1.71. The number of halogens is 2. The van der Waals surface area contributed by atoms with Crippen molar-refractivity contribution in [2.24, 2.45) is 0 Å². The zero-order valence-corrected chi connectivity index (χ0v) is 19.8. The third-order valence-electron chi connectivity index (χ3n) is 6.61. The van der Waals surface area contributed by atoms with E-state index < -0.39 is 34.4 Å². The number of carbonyl (C=O) groups is 3. The fraction of sp³-hybridized carbons (Fsp3) is 0.240. The maximum absolute atomic E-state index is 13.4. The SMILES string of the molecule is CC(=O)C1=C(O)C=C2Oc3c4c(c(C)c(O)c3[C@]2(C)C1=O)OC(c1c(Cl)cccc1Cl)CC4=O. The highest BCUT2D eigenvalue weighted by molar-refractivity contribution is 6.36. The van der Waals surface area contributed by atoms with Crippen LogP contribution in [0, 0.1) is 6.92 Å². The molecule has 3 aliphatic rings. The Morgan fingerprint density at radius 3 is 2.41 bits per heavy atom. The minimum absolute atomic E-state index is 0.00201. The number of benzene rings is 2. The van der Waals surface area contributed by atoms with Crippen molar-refractivity contribution < 1.29 is 34.1 Å². The fourth-order valence-corrected chi connectivity index (χ4v) is 5.50. The number of aliphatic hydroxyl groups excluding tert-OH is 1. The summed E-state index contributed by atoms with van der Waals surface area (Å²) in [6.45, 7) is 4.20. The van der Waals surface area contributed by atoms with Gasteiger partial charge in [0.2, 0.25) is 0 Å². The van der Waals surface area contributed by atoms with E-state index in [9.17, 15) is 24.6 Å². The average molecular weight is 501 g/mol. The Labute approximate surface area is 204 Å². The number of phenolic OH excluding ortho intramolecular Hbond substituents is 1. The molecule has 1 unspecified atom stereocenters. The molecule has 0 aromatic heterocycles. The van der Waals surface area contributed by atoms with Crippen molar-refractivity contribution >= 4 is 40.6 Å². The van der Waals surface area contributed by atoms with Gasteiger partial charge in [-0.2, -0.15) is 0 Å². The maximum Gasteiger partial charge on any atom is 0.188 e. The van der Waals surface area contributed by atoms with Gasteiger partial charge in [0.25, 0.3) is 0 Å². The van der Waals surface area contributed by atoms with Gasteiger partial charge in [-0.25, -0.2) is 0 Å². The molecule has 5 rings (SSSR count). The van der Waals surface area contributed by atoms with Crippen LogP contribution in [0.5, 0.6) is 17.2 Å². The van der Waals surface area contributed by atoms with Crippen LogP contribution in [0.3, 0.4) is 0 Å². The lowest BCUT2D eigenvalue weighted by atomic mass is 9.70. The van der Waals surface area contributed by atoms with Crippen molar-refractivity contribution in [3.05, 3.63) is 73.7 Å². The predicted molar refractivity (Wildman–Crippen MR) is 123 cm³/mol. The second-order valence-corrected chi connectivity index (χ2v) is 9.45. The molecule has 0 bridgehead atoms. The summed E-state index contributed by atoms with van der Waals surface area (Å²) in [5.41, 5.74) is -1.21. The molecule has 174 valence electrons. The summed E-state index contributed by atoms with van der Waals surface area (Å²) < 4.78 is 12.0. The number of allylic oxidation sites excluding steroid dienone is 3. The van der Waals surface area contributed by atoms with Gasteiger partial charge in [0.15, 0.2) is 17.3 Å². The van der Waals surface area contributed by atoms with E-state index in [4.69, 9.17) is 32.7 Å². The van der Waals surface area contributed by atoms with Crippen LogP contribution >= 0.6 is 23.2 Å². The third kappa shape index (κ3) is 2.80. The Kier molecular flexibility index (Phi) is 4.87. The first kappa shape index (κ1) is 22.5. The van der Waals surface area contributed by atoms with Crippen LogP contribution in [0.1, 0.15) is 53.4 Å². The Bertz CT molecular complexity index is 1400. The zero-order valence-electron chi connectivity index (χ0n) is 18.3. The molecule has 2 aliphatic heterocycles. The van der Waals surface area contributed by atoms with Gasteiger partial charge in [-0.15, -0.1) is 0 Å². The highest BCUT2D eigenvalue weighted by Gasteiger charge is 2.56. The predicted octanol–water partition coefficient (Wildman–Crippen LogP) is 5.23. The van der Waals surface area contributed by atoms with Gasteiger partial charge < -0.3 is 19.7 Å². The highest BCUT2D eigenvalue weighted by Crippen LogP contribution is 2.59. The van der Waals surface area contributed by atoms with Crippen molar-refractivity contribution in [3.8, 4) is 17.2 Å². The summed E-state index contributed by atoms with van der Waals surface area (Å²) in [5, 5.41) is 22.1. The normalized spacial score (nSPS) is 23.0. The molecule has 1 aliphatic carbocycles. The van der Waals surface area contributed by atoms with Gasteiger partial charge in [-0.1, -0.05) is 29.3 Å². The fourth-order valence-electron chi connectivity index (χ4n) is 4.86. The van der Waals surface area contributed by atoms with E-state index in [-0.39, 0.29) is 51.9 Å². The standard InChI is InChI=1S/C25H18Cl2O7/c1-9-21(31)20-23(34-16-8-14(30)17(10(2)28)24(32)25(16,20)3)19-13(29)7-15(33-22(9)19)18-11(26)5-4-6-12(18)27/h4-6,8,15,30-31H,7H2,1-3H3/t15?,25-/m1/s1. The minimum atomic E-state index is -1.60. The topological polar surface area (TPSA) is 110 Å². The second-order valence-electron chi connectivity index (χ2n) is 8.63. The summed E-state index contributed by atoms with van der Waals surface area (Å²) in [4.78, 5) is 38.8. The van der Waals surface area contributed by atoms with E-state index in [2.05, 4.69) is 0 Å². The Morgan fingerprint density at radius 1 is 1.15 bits per heavy atom. The molecule has 2 atom stereocenters. The maximum atomic E-state index is 13.4. The molecule has 0 radical (unpaired) electrons. The van der Waals surface area contributed by atoms with Gasteiger partial charge in [0.05, 0.1) is 12.0 Å². The van der Waals surface area contributed by atoms with Gasteiger partial charge in [0.1, 0.15) is 51.4 Å². The minimum Gasteiger partial charge on any atom is -0.507 e. The molecule has 2 aromatic carbocycles. The molecule has 0 amide bonds. The van der Waals surface area contributed by atoms with E-state index in [0.717, 1.165) is 6.92 Å². The number of phenols is 1.